The summed E-state index contributed by atoms with van der Waals surface area (Å²) in [4.78, 5) is 2.43. The van der Waals surface area contributed by atoms with Crippen molar-refractivity contribution in [3.63, 3.8) is 0 Å². The summed E-state index contributed by atoms with van der Waals surface area (Å²) >= 11 is 0. The van der Waals surface area contributed by atoms with Crippen LogP contribution in [0.3, 0.4) is 0 Å². The van der Waals surface area contributed by atoms with Crippen molar-refractivity contribution in [2.45, 2.75) is 0 Å². The summed E-state index contributed by atoms with van der Waals surface area (Å²) in [6.07, 6.45) is 0. The van der Waals surface area contributed by atoms with Crippen LogP contribution in [0.25, 0.3) is 82.8 Å². The summed E-state index contributed by atoms with van der Waals surface area (Å²) in [5.74, 6) is 0. The van der Waals surface area contributed by atoms with E-state index < -0.39 is 0 Å². The first-order valence-corrected chi connectivity index (χ1v) is 20.6. The van der Waals surface area contributed by atoms with E-state index in [1.54, 1.807) is 0 Å². The lowest BCUT2D eigenvalue weighted by molar-refractivity contribution is 1.18. The van der Waals surface area contributed by atoms with Crippen LogP contribution in [0.2, 0.25) is 0 Å². The molecule has 0 N–H and O–H groups in total. The highest BCUT2D eigenvalue weighted by Crippen LogP contribution is 2.47. The number of para-hydroxylation sites is 5. The van der Waals surface area contributed by atoms with Crippen molar-refractivity contribution in [1.82, 2.24) is 4.57 Å². The Hall–Kier alpha value is -7.94. The predicted octanol–water partition coefficient (Wildman–Crippen LogP) is 16.1. The number of hydrogen-bond donors (Lipinski definition) is 0. The zero-order valence-corrected chi connectivity index (χ0v) is 33.0. The zero-order valence-electron chi connectivity index (χ0n) is 33.0. The van der Waals surface area contributed by atoms with E-state index in [-0.39, 0.29) is 0 Å². The molecule has 0 aliphatic carbocycles. The standard InChI is InChI=1S/C58H40N2/c1-3-18-42(19-4-1)53-40-45(50-26-10-14-31-55(50)60-56-32-15-11-27-51(56)52-28-12-16-33-57(52)60)38-39-58(53)59(46-22-5-2-6-23-46)54-30-13-9-25-49(54)44-36-34-43(35-37-44)48-29-17-21-41-20-7-8-24-47(41)48/h1-40H. The number of benzene rings is 10. The number of rotatable bonds is 8. The maximum Gasteiger partial charge on any atom is 0.0541 e. The van der Waals surface area contributed by atoms with Crippen LogP contribution < -0.4 is 4.90 Å². The first-order chi connectivity index (χ1) is 29.8. The summed E-state index contributed by atoms with van der Waals surface area (Å²) in [6, 6.07) is 87.9. The minimum absolute atomic E-state index is 1.09. The van der Waals surface area contributed by atoms with Crippen LogP contribution in [0, 0.1) is 0 Å². The van der Waals surface area contributed by atoms with Gasteiger partial charge < -0.3 is 9.47 Å². The van der Waals surface area contributed by atoms with Gasteiger partial charge in [0.05, 0.1) is 28.1 Å². The Balaban J connectivity index is 1.08. The van der Waals surface area contributed by atoms with Crippen molar-refractivity contribution >= 4 is 49.6 Å². The average molecular weight is 765 g/mol. The molecule has 10 aromatic carbocycles. The van der Waals surface area contributed by atoms with Crippen LogP contribution in [0.5, 0.6) is 0 Å². The summed E-state index contributed by atoms with van der Waals surface area (Å²) in [5, 5.41) is 5.02. The summed E-state index contributed by atoms with van der Waals surface area (Å²) in [5.41, 5.74) is 16.2. The van der Waals surface area contributed by atoms with Crippen LogP contribution in [0.15, 0.2) is 243 Å². The Labute approximate surface area is 350 Å². The fourth-order valence-electron chi connectivity index (χ4n) is 9.05. The van der Waals surface area contributed by atoms with Gasteiger partial charge in [-0.05, 0) is 87.1 Å². The SMILES string of the molecule is c1ccc(-c2cc(-c3ccccc3-n3c4ccccc4c4ccccc43)ccc2N(c2ccccc2)c2ccccc2-c2ccc(-c3cccc4ccccc34)cc2)cc1. The molecular weight excluding hydrogens is 725 g/mol. The number of nitrogens with zero attached hydrogens (tertiary/aromatic N) is 2. The minimum Gasteiger partial charge on any atom is -0.309 e. The molecule has 11 aromatic rings. The van der Waals surface area contributed by atoms with Gasteiger partial charge in [-0.3, -0.25) is 0 Å². The Morgan fingerprint density at radius 3 is 1.50 bits per heavy atom. The van der Waals surface area contributed by atoms with Crippen molar-refractivity contribution in [2.75, 3.05) is 4.90 Å². The van der Waals surface area contributed by atoms with Crippen LogP contribution in [0.1, 0.15) is 0 Å². The largest absolute Gasteiger partial charge is 0.309 e. The Bertz CT molecular complexity index is 3250. The number of aromatic nitrogens is 1. The molecule has 0 radical (unpaired) electrons. The fourth-order valence-corrected chi connectivity index (χ4v) is 9.05. The van der Waals surface area contributed by atoms with Crippen molar-refractivity contribution in [3.05, 3.63) is 243 Å². The second-order valence-corrected chi connectivity index (χ2v) is 15.3. The Morgan fingerprint density at radius 2 is 0.767 bits per heavy atom. The highest BCUT2D eigenvalue weighted by Gasteiger charge is 2.22. The number of hydrogen-bond acceptors (Lipinski definition) is 1. The lowest BCUT2D eigenvalue weighted by atomic mass is 9.94. The van der Waals surface area contributed by atoms with Gasteiger partial charge in [-0.1, -0.05) is 194 Å². The zero-order chi connectivity index (χ0) is 39.8. The van der Waals surface area contributed by atoms with Gasteiger partial charge in [0, 0.05) is 33.2 Å². The van der Waals surface area contributed by atoms with E-state index in [4.69, 9.17) is 0 Å². The lowest BCUT2D eigenvalue weighted by Gasteiger charge is -2.30. The molecule has 0 spiro atoms. The molecule has 0 atom stereocenters. The maximum absolute atomic E-state index is 2.43. The highest BCUT2D eigenvalue weighted by atomic mass is 15.1. The monoisotopic (exact) mass is 764 g/mol. The van der Waals surface area contributed by atoms with Gasteiger partial charge in [-0.2, -0.15) is 0 Å². The van der Waals surface area contributed by atoms with Crippen molar-refractivity contribution in [2.24, 2.45) is 0 Å². The molecule has 11 rings (SSSR count). The first kappa shape index (κ1) is 35.2. The van der Waals surface area contributed by atoms with Crippen molar-refractivity contribution < 1.29 is 0 Å². The van der Waals surface area contributed by atoms with E-state index in [9.17, 15) is 0 Å². The van der Waals surface area contributed by atoms with E-state index in [2.05, 4.69) is 252 Å². The average Bonchev–Trinajstić information content (AvgIpc) is 3.67. The third kappa shape index (κ3) is 6.14. The van der Waals surface area contributed by atoms with E-state index in [0.29, 0.717) is 0 Å². The molecule has 2 heteroatoms. The van der Waals surface area contributed by atoms with Crippen LogP contribution in [0.4, 0.5) is 17.1 Å². The van der Waals surface area contributed by atoms with Gasteiger partial charge in [-0.25, -0.2) is 0 Å². The Kier molecular flexibility index (Phi) is 8.87. The van der Waals surface area contributed by atoms with Gasteiger partial charge in [-0.15, -0.1) is 0 Å². The molecule has 0 bridgehead atoms. The normalized spacial score (nSPS) is 11.3. The third-order valence-electron chi connectivity index (χ3n) is 11.8. The fraction of sp³-hybridized carbons (Fsp3) is 0. The molecule has 2 nitrogen and oxygen atoms in total. The molecule has 0 saturated carbocycles. The predicted molar refractivity (Wildman–Crippen MR) is 255 cm³/mol. The number of fused-ring (bicyclic) bond motifs is 4. The first-order valence-electron chi connectivity index (χ1n) is 20.6. The van der Waals surface area contributed by atoms with Gasteiger partial charge in [0.1, 0.15) is 0 Å². The minimum atomic E-state index is 1.09. The second-order valence-electron chi connectivity index (χ2n) is 15.3. The van der Waals surface area contributed by atoms with E-state index in [1.807, 2.05) is 0 Å². The van der Waals surface area contributed by atoms with Gasteiger partial charge in [0.25, 0.3) is 0 Å². The molecule has 0 aliphatic heterocycles. The van der Waals surface area contributed by atoms with E-state index in [0.717, 1.165) is 50.6 Å². The summed E-state index contributed by atoms with van der Waals surface area (Å²) in [6.45, 7) is 0. The maximum atomic E-state index is 2.43. The van der Waals surface area contributed by atoms with Crippen molar-refractivity contribution in [1.29, 1.82) is 0 Å². The molecular formula is C58H40N2. The quantitative estimate of drug-likeness (QED) is 0.150. The molecule has 0 unspecified atom stereocenters. The highest BCUT2D eigenvalue weighted by molar-refractivity contribution is 6.10. The van der Waals surface area contributed by atoms with Gasteiger partial charge >= 0.3 is 0 Å². The van der Waals surface area contributed by atoms with Crippen LogP contribution in [-0.2, 0) is 0 Å². The number of anilines is 3. The van der Waals surface area contributed by atoms with Gasteiger partial charge in [0.15, 0.2) is 0 Å². The smallest absolute Gasteiger partial charge is 0.0541 e. The topological polar surface area (TPSA) is 8.17 Å². The molecule has 1 heterocycles. The molecule has 0 saturated heterocycles. The second kappa shape index (κ2) is 15.1. The van der Waals surface area contributed by atoms with Crippen LogP contribution in [-0.4, -0.2) is 4.57 Å². The molecule has 1 aromatic heterocycles. The van der Waals surface area contributed by atoms with Gasteiger partial charge in [0.2, 0.25) is 0 Å². The summed E-state index contributed by atoms with van der Waals surface area (Å²) < 4.78 is 2.42. The lowest BCUT2D eigenvalue weighted by Crippen LogP contribution is -2.12. The summed E-state index contributed by atoms with van der Waals surface area (Å²) in [7, 11) is 0. The molecule has 0 amide bonds. The molecule has 0 aliphatic rings. The third-order valence-corrected chi connectivity index (χ3v) is 11.8. The van der Waals surface area contributed by atoms with Crippen molar-refractivity contribution in [3.8, 4) is 50.2 Å². The van der Waals surface area contributed by atoms with Crippen LogP contribution >= 0.6 is 0 Å². The van der Waals surface area contributed by atoms with E-state index >= 15 is 0 Å². The van der Waals surface area contributed by atoms with E-state index in [1.165, 1.54) is 49.3 Å². The molecule has 282 valence electrons. The molecule has 60 heavy (non-hydrogen) atoms. The Morgan fingerprint density at radius 1 is 0.283 bits per heavy atom. The molecule has 0 fully saturated rings.